The number of benzene rings is 1. The van der Waals surface area contributed by atoms with E-state index in [1.165, 1.54) is 18.7 Å². The molecule has 0 fully saturated rings. The van der Waals surface area contributed by atoms with E-state index in [9.17, 15) is 9.59 Å². The fourth-order valence-electron chi connectivity index (χ4n) is 1.81. The van der Waals surface area contributed by atoms with Crippen LogP contribution in [-0.2, 0) is 4.79 Å². The number of pyridine rings is 1. The van der Waals surface area contributed by atoms with Crippen LogP contribution >= 0.6 is 23.4 Å². The largest absolute Gasteiger partial charge is 0.324 e. The van der Waals surface area contributed by atoms with E-state index in [2.05, 4.69) is 10.3 Å². The number of carbonyl (C=O) groups excluding carboxylic acids is 2. The Kier molecular flexibility index (Phi) is 5.57. The van der Waals surface area contributed by atoms with E-state index < -0.39 is 5.25 Å². The molecule has 0 spiro atoms. The van der Waals surface area contributed by atoms with Crippen molar-refractivity contribution in [2.45, 2.75) is 24.1 Å². The molecule has 1 atom stereocenters. The van der Waals surface area contributed by atoms with E-state index in [1.54, 1.807) is 49.5 Å². The number of para-hydroxylation sites is 1. The number of nitrogens with one attached hydrogen (secondary N) is 1. The Labute approximate surface area is 138 Å². The second-order valence-corrected chi connectivity index (χ2v) is 6.38. The summed E-state index contributed by atoms with van der Waals surface area (Å²) in [6.07, 6.45) is 1.63. The third-order valence-electron chi connectivity index (χ3n) is 2.95. The maximum absolute atomic E-state index is 12.3. The van der Waals surface area contributed by atoms with Crippen LogP contribution in [0.15, 0.2) is 47.6 Å². The van der Waals surface area contributed by atoms with Crippen LogP contribution in [-0.4, -0.2) is 21.9 Å². The Bertz CT molecular complexity index is 706. The molecule has 114 valence electrons. The zero-order valence-corrected chi connectivity index (χ0v) is 13.7. The lowest BCUT2D eigenvalue weighted by atomic mass is 10.1. The number of rotatable bonds is 5. The van der Waals surface area contributed by atoms with Crippen LogP contribution in [0, 0.1) is 0 Å². The van der Waals surface area contributed by atoms with Gasteiger partial charge in [0.1, 0.15) is 5.03 Å². The minimum atomic E-state index is -0.396. The lowest BCUT2D eigenvalue weighted by Crippen LogP contribution is -2.23. The van der Waals surface area contributed by atoms with Gasteiger partial charge in [-0.25, -0.2) is 4.98 Å². The average molecular weight is 335 g/mol. The fraction of sp³-hybridized carbons (Fsp3) is 0.188. The number of hydrogen-bond donors (Lipinski definition) is 1. The minimum absolute atomic E-state index is 0.0935. The zero-order valence-electron chi connectivity index (χ0n) is 12.2. The number of anilines is 1. The second-order valence-electron chi connectivity index (χ2n) is 4.64. The summed E-state index contributed by atoms with van der Waals surface area (Å²) in [4.78, 5) is 28.0. The molecule has 1 aromatic heterocycles. The SMILES string of the molecule is CC(=O)c1ccccc1NC(=O)C(C)Sc1ncccc1Cl. The molecule has 1 N–H and O–H groups in total. The van der Waals surface area contributed by atoms with Gasteiger partial charge in [0, 0.05) is 11.8 Å². The molecule has 4 nitrogen and oxygen atoms in total. The molecule has 0 radical (unpaired) electrons. The Morgan fingerprint density at radius 2 is 1.95 bits per heavy atom. The van der Waals surface area contributed by atoms with Gasteiger partial charge >= 0.3 is 0 Å². The van der Waals surface area contributed by atoms with Crippen molar-refractivity contribution in [3.05, 3.63) is 53.2 Å². The van der Waals surface area contributed by atoms with Gasteiger partial charge in [-0.3, -0.25) is 9.59 Å². The van der Waals surface area contributed by atoms with Crippen LogP contribution < -0.4 is 5.32 Å². The number of Topliss-reactive ketones (excluding diaryl/α,β-unsaturated/α-hetero) is 1. The van der Waals surface area contributed by atoms with E-state index in [1.807, 2.05) is 0 Å². The first-order chi connectivity index (χ1) is 10.5. The van der Waals surface area contributed by atoms with Crippen LogP contribution in [0.1, 0.15) is 24.2 Å². The first-order valence-corrected chi connectivity index (χ1v) is 7.93. The number of hydrogen-bond acceptors (Lipinski definition) is 4. The summed E-state index contributed by atoms with van der Waals surface area (Å²) in [5.74, 6) is -0.301. The third-order valence-corrected chi connectivity index (χ3v) is 4.48. The number of aromatic nitrogens is 1. The van der Waals surface area contributed by atoms with Crippen molar-refractivity contribution in [2.75, 3.05) is 5.32 Å². The molecule has 0 aliphatic rings. The number of thioether (sulfide) groups is 1. The summed E-state index contributed by atoms with van der Waals surface area (Å²) >= 11 is 7.31. The highest BCUT2D eigenvalue weighted by atomic mass is 35.5. The van der Waals surface area contributed by atoms with Crippen LogP contribution in [0.5, 0.6) is 0 Å². The summed E-state index contributed by atoms with van der Waals surface area (Å²) in [5, 5.41) is 3.50. The number of amides is 1. The quantitative estimate of drug-likeness (QED) is 0.661. The summed E-state index contributed by atoms with van der Waals surface area (Å²) in [5.41, 5.74) is 1.00. The van der Waals surface area contributed by atoms with Gasteiger partial charge < -0.3 is 5.32 Å². The lowest BCUT2D eigenvalue weighted by molar-refractivity contribution is -0.115. The normalized spacial score (nSPS) is 11.8. The minimum Gasteiger partial charge on any atom is -0.324 e. The van der Waals surface area contributed by atoms with E-state index in [0.717, 1.165) is 0 Å². The third kappa shape index (κ3) is 4.08. The molecule has 1 aromatic carbocycles. The highest BCUT2D eigenvalue weighted by Gasteiger charge is 2.18. The Balaban J connectivity index is 2.09. The highest BCUT2D eigenvalue weighted by molar-refractivity contribution is 8.00. The van der Waals surface area contributed by atoms with Gasteiger partial charge in [0.25, 0.3) is 0 Å². The topological polar surface area (TPSA) is 59.1 Å². The lowest BCUT2D eigenvalue weighted by Gasteiger charge is -2.13. The van der Waals surface area contributed by atoms with Gasteiger partial charge in [-0.05, 0) is 38.1 Å². The Morgan fingerprint density at radius 3 is 2.64 bits per heavy atom. The molecule has 0 saturated heterocycles. The van der Waals surface area contributed by atoms with Gasteiger partial charge in [-0.1, -0.05) is 35.5 Å². The van der Waals surface area contributed by atoms with Crippen LogP contribution in [0.3, 0.4) is 0 Å². The first-order valence-electron chi connectivity index (χ1n) is 6.67. The molecule has 1 amide bonds. The van der Waals surface area contributed by atoms with Crippen molar-refractivity contribution in [1.29, 1.82) is 0 Å². The van der Waals surface area contributed by atoms with Crippen molar-refractivity contribution in [1.82, 2.24) is 4.98 Å². The second kappa shape index (κ2) is 7.42. The summed E-state index contributed by atoms with van der Waals surface area (Å²) in [7, 11) is 0. The van der Waals surface area contributed by atoms with Gasteiger partial charge in [-0.15, -0.1) is 0 Å². The van der Waals surface area contributed by atoms with E-state index >= 15 is 0 Å². The molecule has 22 heavy (non-hydrogen) atoms. The number of nitrogens with zero attached hydrogens (tertiary/aromatic N) is 1. The maximum atomic E-state index is 12.3. The molecule has 0 aliphatic carbocycles. The average Bonchev–Trinajstić information content (AvgIpc) is 2.49. The molecular weight excluding hydrogens is 320 g/mol. The highest BCUT2D eigenvalue weighted by Crippen LogP contribution is 2.28. The number of ketones is 1. The van der Waals surface area contributed by atoms with Crippen molar-refractivity contribution >= 4 is 40.7 Å². The zero-order chi connectivity index (χ0) is 16.1. The smallest absolute Gasteiger partial charge is 0.237 e. The molecule has 0 saturated carbocycles. The summed E-state index contributed by atoms with van der Waals surface area (Å²) in [6, 6.07) is 10.4. The van der Waals surface area contributed by atoms with Gasteiger partial charge in [0.15, 0.2) is 5.78 Å². The molecule has 6 heteroatoms. The van der Waals surface area contributed by atoms with Crippen LogP contribution in [0.25, 0.3) is 0 Å². The van der Waals surface area contributed by atoms with E-state index in [4.69, 9.17) is 11.6 Å². The molecule has 1 heterocycles. The van der Waals surface area contributed by atoms with E-state index in [0.29, 0.717) is 21.3 Å². The van der Waals surface area contributed by atoms with Gasteiger partial charge in [0.2, 0.25) is 5.91 Å². The summed E-state index contributed by atoms with van der Waals surface area (Å²) in [6.45, 7) is 3.23. The predicted molar refractivity (Wildman–Crippen MR) is 89.6 cm³/mol. The van der Waals surface area contributed by atoms with Crippen LogP contribution in [0.2, 0.25) is 5.02 Å². The number of carbonyl (C=O) groups is 2. The molecule has 1 unspecified atom stereocenters. The predicted octanol–water partition coefficient (Wildman–Crippen LogP) is 4.06. The van der Waals surface area contributed by atoms with Crippen molar-refractivity contribution in [3.8, 4) is 0 Å². The molecule has 0 aliphatic heterocycles. The van der Waals surface area contributed by atoms with Gasteiger partial charge in [0.05, 0.1) is 16.0 Å². The standard InChI is InChI=1S/C16H15ClN2O2S/c1-10(20)12-6-3-4-8-14(12)19-15(21)11(2)22-16-13(17)7-5-9-18-16/h3-9,11H,1-2H3,(H,19,21). The fourth-order valence-corrected chi connectivity index (χ4v) is 2.87. The Morgan fingerprint density at radius 1 is 1.23 bits per heavy atom. The van der Waals surface area contributed by atoms with Gasteiger partial charge in [-0.2, -0.15) is 0 Å². The first kappa shape index (κ1) is 16.5. The Hall–Kier alpha value is -1.85. The molecule has 2 aromatic rings. The molecular formula is C16H15ClN2O2S. The van der Waals surface area contributed by atoms with Crippen molar-refractivity contribution in [3.63, 3.8) is 0 Å². The maximum Gasteiger partial charge on any atom is 0.237 e. The monoisotopic (exact) mass is 334 g/mol. The molecule has 0 bridgehead atoms. The summed E-state index contributed by atoms with van der Waals surface area (Å²) < 4.78 is 0. The van der Waals surface area contributed by atoms with Crippen molar-refractivity contribution in [2.24, 2.45) is 0 Å². The number of halogens is 1. The van der Waals surface area contributed by atoms with Crippen molar-refractivity contribution < 1.29 is 9.59 Å². The van der Waals surface area contributed by atoms with Crippen LogP contribution in [0.4, 0.5) is 5.69 Å². The van der Waals surface area contributed by atoms with E-state index in [-0.39, 0.29) is 11.7 Å². The molecule has 2 rings (SSSR count).